The van der Waals surface area contributed by atoms with Gasteiger partial charge in [0.1, 0.15) is 22.3 Å². The first-order valence-electron chi connectivity index (χ1n) is 28.2. The van der Waals surface area contributed by atoms with E-state index in [1.807, 2.05) is 138 Å². The van der Waals surface area contributed by atoms with Gasteiger partial charge in [0.25, 0.3) is 28.2 Å². The van der Waals surface area contributed by atoms with Crippen LogP contribution in [0.5, 0.6) is 0 Å². The SMILES string of the molecule is CC#Cc1cc(C)c(C)cc1C#Cc1ccccc1C#[N+]C.CC#Cc1cc(C)ccc1C#Cc1ccc(C)cc1C#[N+]C.CC#Cc1cc(C)ccc1C#Cc1ccccc1C#[N+]C.CC#Cc1ccccc1C#Cc1cc(C)c(C)cc1C#[N+]C. The Kier molecular flexibility index (Phi) is 26.7. The van der Waals surface area contributed by atoms with Crippen molar-refractivity contribution in [3.05, 3.63) is 299 Å². The van der Waals surface area contributed by atoms with Gasteiger partial charge in [-0.1, -0.05) is 145 Å². The fourth-order valence-electron chi connectivity index (χ4n) is 8.28. The third kappa shape index (κ3) is 20.9. The molecule has 0 bridgehead atoms. The van der Waals surface area contributed by atoms with Gasteiger partial charge < -0.3 is 0 Å². The van der Waals surface area contributed by atoms with E-state index in [1.165, 1.54) is 38.9 Å². The minimum atomic E-state index is 0.905. The fourth-order valence-corrected chi connectivity index (χ4v) is 8.28. The molecule has 418 valence electrons. The zero-order valence-electron chi connectivity index (χ0n) is 52.7. The first-order valence-corrected chi connectivity index (χ1v) is 28.2. The third-order valence-electron chi connectivity index (χ3n) is 12.9. The van der Waals surface area contributed by atoms with Gasteiger partial charge in [-0.15, -0.1) is 23.7 Å². The lowest BCUT2D eigenvalue weighted by atomic mass is 9.99. The normalized spacial score (nSPS) is 8.68. The zero-order chi connectivity index (χ0) is 62.9. The number of hydrogen-bond donors (Lipinski definition) is 0. The predicted octanol–water partition coefficient (Wildman–Crippen LogP) is 17.2. The van der Waals surface area contributed by atoms with Crippen molar-refractivity contribution in [2.75, 3.05) is 28.2 Å². The summed E-state index contributed by atoms with van der Waals surface area (Å²) in [6.45, 7) is 21.9. The summed E-state index contributed by atoms with van der Waals surface area (Å²) < 4.78 is 0. The summed E-state index contributed by atoms with van der Waals surface area (Å²) in [7, 11) is 6.86. The molecule has 0 aliphatic rings. The van der Waals surface area contributed by atoms with Gasteiger partial charge in [0.2, 0.25) is 0 Å². The highest BCUT2D eigenvalue weighted by Gasteiger charge is 2.09. The Labute approximate surface area is 519 Å². The first kappa shape index (κ1) is 66.0. The summed E-state index contributed by atoms with van der Waals surface area (Å²) >= 11 is 0. The van der Waals surface area contributed by atoms with Crippen molar-refractivity contribution < 1.29 is 0 Å². The molecule has 0 aromatic heterocycles. The maximum absolute atomic E-state index is 4.00. The third-order valence-corrected chi connectivity index (χ3v) is 12.9. The molecule has 0 fully saturated rings. The van der Waals surface area contributed by atoms with Crippen LogP contribution in [0.2, 0.25) is 0 Å². The summed E-state index contributed by atoms with van der Waals surface area (Å²) in [5.74, 6) is 50.0. The summed E-state index contributed by atoms with van der Waals surface area (Å²) in [6, 6.07) is 62.3. The van der Waals surface area contributed by atoms with Crippen molar-refractivity contribution in [1.29, 1.82) is 0 Å². The molecule has 0 spiro atoms. The highest BCUT2D eigenvalue weighted by Crippen LogP contribution is 2.19. The summed E-state index contributed by atoms with van der Waals surface area (Å²) in [5.41, 5.74) is 23.4. The van der Waals surface area contributed by atoms with E-state index in [2.05, 4.69) is 228 Å². The molecule has 4 heteroatoms. The zero-order valence-corrected chi connectivity index (χ0v) is 52.7. The molecule has 8 rings (SSSR count). The molecule has 0 amide bonds. The maximum atomic E-state index is 4.00. The highest BCUT2D eigenvalue weighted by atomic mass is 14.6. The van der Waals surface area contributed by atoms with Crippen LogP contribution in [0.15, 0.2) is 152 Å². The van der Waals surface area contributed by atoms with Gasteiger partial charge in [-0.05, 0) is 212 Å². The lowest BCUT2D eigenvalue weighted by Crippen LogP contribution is -1.90. The van der Waals surface area contributed by atoms with E-state index in [9.17, 15) is 0 Å². The molecular weight excluding hydrogens is 1050 g/mol. The van der Waals surface area contributed by atoms with E-state index in [4.69, 9.17) is 0 Å². The fraction of sp³-hybridized carbons (Fsp3) is 0.181. The number of hydrogen-bond acceptors (Lipinski definition) is 0. The lowest BCUT2D eigenvalue weighted by Gasteiger charge is -2.03. The second-order valence-corrected chi connectivity index (χ2v) is 19.6. The van der Waals surface area contributed by atoms with E-state index >= 15 is 0 Å². The van der Waals surface area contributed by atoms with Crippen LogP contribution in [0.25, 0.3) is 19.4 Å². The predicted molar refractivity (Wildman–Crippen MR) is 368 cm³/mol. The Bertz CT molecular complexity index is 4480. The monoisotopic (exact) mass is 1120 g/mol. The van der Waals surface area contributed by atoms with Crippen LogP contribution >= 0.6 is 0 Å². The second-order valence-electron chi connectivity index (χ2n) is 19.6. The molecular formula is C83H70N4+4. The highest BCUT2D eigenvalue weighted by molar-refractivity contribution is 5.62. The molecule has 0 heterocycles. The summed E-state index contributed by atoms with van der Waals surface area (Å²) in [5, 5.41) is 0. The average Bonchev–Trinajstić information content (AvgIpc) is 3.21. The van der Waals surface area contributed by atoms with E-state index in [-0.39, 0.29) is 0 Å². The molecule has 0 aliphatic carbocycles. The van der Waals surface area contributed by atoms with Gasteiger partial charge in [0.05, 0.1) is 0 Å². The molecule has 8 aromatic rings. The number of aryl methyl sites for hydroxylation is 7. The van der Waals surface area contributed by atoms with Gasteiger partial charge >= 0.3 is 24.3 Å². The molecule has 0 aliphatic heterocycles. The Hall–Kier alpha value is -11.8. The van der Waals surface area contributed by atoms with Crippen LogP contribution < -0.4 is 0 Å². The summed E-state index contributed by atoms with van der Waals surface area (Å²) in [6.07, 6.45) is 0. The van der Waals surface area contributed by atoms with Crippen molar-refractivity contribution >= 4 is 0 Å². The molecule has 0 N–H and O–H groups in total. The van der Waals surface area contributed by atoms with E-state index < -0.39 is 0 Å². The van der Waals surface area contributed by atoms with Crippen LogP contribution in [0.4, 0.5) is 0 Å². The Morgan fingerprint density at radius 1 is 0.207 bits per heavy atom. The van der Waals surface area contributed by atoms with Crippen molar-refractivity contribution in [2.45, 2.75) is 76.2 Å². The molecule has 0 unspecified atom stereocenters. The van der Waals surface area contributed by atoms with Crippen LogP contribution in [0, 0.1) is 167 Å². The first-order chi connectivity index (χ1) is 42.2. The van der Waals surface area contributed by atoms with Gasteiger partial charge in [-0.3, -0.25) is 0 Å². The van der Waals surface area contributed by atoms with Crippen molar-refractivity contribution in [3.8, 4) is 119 Å². The van der Waals surface area contributed by atoms with Crippen molar-refractivity contribution in [2.24, 2.45) is 0 Å². The largest absolute Gasteiger partial charge is 0.311 e. The minimum Gasteiger partial charge on any atom is -0.101 e. The van der Waals surface area contributed by atoms with Gasteiger partial charge in [-0.2, -0.15) is 0 Å². The number of nitrogens with zero attached hydrogens (tertiary/aromatic N) is 4. The van der Waals surface area contributed by atoms with E-state index in [1.54, 1.807) is 28.2 Å². The molecule has 0 radical (unpaired) electrons. The molecule has 4 nitrogen and oxygen atoms in total. The minimum absolute atomic E-state index is 0.905. The number of benzene rings is 8. The van der Waals surface area contributed by atoms with Crippen LogP contribution in [-0.4, -0.2) is 28.2 Å². The molecule has 0 saturated heterocycles. The maximum Gasteiger partial charge on any atom is 0.311 e. The standard InChI is InChI=1S/3C21H18N.C20H16N/c1-5-8-19-13-16(2)17(3)14-20(19)12-11-18-9-6-7-10-21(18)15-22-4;1-5-8-18-9-6-7-10-19(18)11-12-20-13-16(2)17(3)14-21(20)15-22-4;1-5-6-20-13-16(2)7-9-18(20)11-12-19-10-8-17(3)14-21(19)15-22-4;1-4-7-19-14-16(2)10-11-18(19)13-12-17-8-5-6-9-20(17)15-21-3/h2*6-7,9-10,13-14H,1-4H3;7-10,13-14H,1-4H3;5-6,8-11,14H,1-3H3/q4*+1. The molecule has 87 heavy (non-hydrogen) atoms. The topological polar surface area (TPSA) is 17.4 Å². The molecule has 0 atom stereocenters. The Morgan fingerprint density at radius 2 is 0.402 bits per heavy atom. The van der Waals surface area contributed by atoms with Crippen LogP contribution in [-0.2, 0) is 0 Å². The van der Waals surface area contributed by atoms with Gasteiger partial charge in [0, 0.05) is 66.8 Å². The quantitative estimate of drug-likeness (QED) is 0.135. The number of rotatable bonds is 0. The lowest BCUT2D eigenvalue weighted by molar-refractivity contribution is 1.32. The van der Waals surface area contributed by atoms with E-state index in [0.29, 0.717) is 0 Å². The van der Waals surface area contributed by atoms with Gasteiger partial charge in [0.15, 0.2) is 0 Å². The molecule has 8 aromatic carbocycles. The van der Waals surface area contributed by atoms with Crippen molar-refractivity contribution in [3.63, 3.8) is 0 Å². The van der Waals surface area contributed by atoms with Crippen LogP contribution in [0.3, 0.4) is 0 Å². The average molecular weight is 1120 g/mol. The summed E-state index contributed by atoms with van der Waals surface area (Å²) in [4.78, 5) is 15.9. The van der Waals surface area contributed by atoms with Gasteiger partial charge in [-0.25, -0.2) is 0 Å². The van der Waals surface area contributed by atoms with Crippen LogP contribution in [0.1, 0.15) is 156 Å². The van der Waals surface area contributed by atoms with Crippen molar-refractivity contribution in [1.82, 2.24) is 0 Å². The van der Waals surface area contributed by atoms with E-state index in [0.717, 1.165) is 89.0 Å². The Balaban J connectivity index is 0.000000212. The Morgan fingerprint density at radius 3 is 0.736 bits per heavy atom. The second kappa shape index (κ2) is 35.3. The molecule has 0 saturated carbocycles. The smallest absolute Gasteiger partial charge is 0.101 e.